The van der Waals surface area contributed by atoms with Crippen molar-refractivity contribution in [2.75, 3.05) is 6.61 Å². The molecule has 1 aromatic rings. The van der Waals surface area contributed by atoms with E-state index in [4.69, 9.17) is 4.74 Å². The van der Waals surface area contributed by atoms with Gasteiger partial charge in [0, 0.05) is 6.04 Å². The molecule has 2 unspecified atom stereocenters. The normalized spacial score (nSPS) is 26.0. The lowest BCUT2D eigenvalue weighted by Crippen LogP contribution is -2.52. The Hall–Kier alpha value is -1.88. The van der Waals surface area contributed by atoms with Gasteiger partial charge in [0.1, 0.15) is 6.61 Å². The first-order chi connectivity index (χ1) is 9.99. The molecule has 2 atom stereocenters. The molecule has 1 aromatic carbocycles. The largest absolute Gasteiger partial charge is 0.479 e. The van der Waals surface area contributed by atoms with E-state index in [1.165, 1.54) is 0 Å². The third-order valence-electron chi connectivity index (χ3n) is 4.32. The van der Waals surface area contributed by atoms with Crippen LogP contribution in [0.15, 0.2) is 18.2 Å². The maximum atomic E-state index is 12.2. The second-order valence-electron chi connectivity index (χ2n) is 5.89. The van der Waals surface area contributed by atoms with Gasteiger partial charge in [0.2, 0.25) is 5.91 Å². The number of hydrogen-bond acceptors (Lipinski definition) is 3. The summed E-state index contributed by atoms with van der Waals surface area (Å²) in [5, 5.41) is 9.44. The van der Waals surface area contributed by atoms with Crippen molar-refractivity contribution < 1.29 is 19.4 Å². The molecule has 1 heterocycles. The molecule has 5 heteroatoms. The van der Waals surface area contributed by atoms with E-state index in [1.807, 2.05) is 32.0 Å². The molecule has 112 valence electrons. The third kappa shape index (κ3) is 2.53. The van der Waals surface area contributed by atoms with E-state index in [0.717, 1.165) is 29.5 Å². The van der Waals surface area contributed by atoms with Gasteiger partial charge in [0.25, 0.3) is 0 Å². The first-order valence-corrected chi connectivity index (χ1v) is 7.22. The number of aliphatic carboxylic acids is 1. The van der Waals surface area contributed by atoms with Gasteiger partial charge < -0.3 is 14.7 Å². The van der Waals surface area contributed by atoms with Gasteiger partial charge in [-0.1, -0.05) is 18.2 Å². The first-order valence-electron chi connectivity index (χ1n) is 7.22. The molecule has 0 aromatic heterocycles. The van der Waals surface area contributed by atoms with E-state index >= 15 is 0 Å². The van der Waals surface area contributed by atoms with E-state index < -0.39 is 18.1 Å². The Kier molecular flexibility index (Phi) is 3.45. The van der Waals surface area contributed by atoms with Crippen molar-refractivity contribution in [3.05, 3.63) is 34.9 Å². The fraction of sp³-hybridized carbons (Fsp3) is 0.500. The van der Waals surface area contributed by atoms with Crippen molar-refractivity contribution >= 4 is 11.9 Å². The Bertz CT molecular complexity index is 594. The summed E-state index contributed by atoms with van der Waals surface area (Å²) in [6.07, 6.45) is 0.893. The van der Waals surface area contributed by atoms with Crippen LogP contribution in [0.3, 0.4) is 0 Å². The minimum absolute atomic E-state index is 0.113. The molecule has 21 heavy (non-hydrogen) atoms. The van der Waals surface area contributed by atoms with Crippen molar-refractivity contribution in [1.29, 1.82) is 0 Å². The molecule has 0 spiro atoms. The molecule has 1 N–H and O–H groups in total. The minimum atomic E-state index is -1.02. The summed E-state index contributed by atoms with van der Waals surface area (Å²) >= 11 is 0. The van der Waals surface area contributed by atoms with Crippen LogP contribution in [0.25, 0.3) is 0 Å². The van der Waals surface area contributed by atoms with Crippen LogP contribution in [-0.4, -0.2) is 40.6 Å². The second-order valence-corrected chi connectivity index (χ2v) is 5.89. The lowest BCUT2D eigenvalue weighted by atomic mass is 9.94. The minimum Gasteiger partial charge on any atom is -0.479 e. The predicted octanol–water partition coefficient (Wildman–Crippen LogP) is 1.82. The summed E-state index contributed by atoms with van der Waals surface area (Å²) in [6.45, 7) is 3.85. The number of carboxylic acid groups (broad SMARTS) is 1. The number of carboxylic acids is 1. The highest BCUT2D eigenvalue weighted by Crippen LogP contribution is 2.39. The number of carbonyl (C=O) groups excluding carboxylic acids is 1. The van der Waals surface area contributed by atoms with Crippen LogP contribution in [0, 0.1) is 13.8 Å². The van der Waals surface area contributed by atoms with Crippen LogP contribution in [0.2, 0.25) is 0 Å². The molecule has 0 bridgehead atoms. The summed E-state index contributed by atoms with van der Waals surface area (Å²) in [4.78, 5) is 25.4. The molecule has 1 saturated carbocycles. The Balaban J connectivity index is 2.03. The molecule has 2 aliphatic rings. The van der Waals surface area contributed by atoms with Gasteiger partial charge in [0.15, 0.2) is 6.10 Å². The van der Waals surface area contributed by atoms with Gasteiger partial charge in [-0.3, -0.25) is 4.79 Å². The van der Waals surface area contributed by atoms with Crippen molar-refractivity contribution in [2.45, 2.75) is 44.9 Å². The quantitative estimate of drug-likeness (QED) is 0.921. The molecule has 1 aliphatic heterocycles. The molecule has 3 rings (SSSR count). The average molecular weight is 289 g/mol. The number of nitrogens with zero attached hydrogens (tertiary/aromatic N) is 1. The van der Waals surface area contributed by atoms with Gasteiger partial charge in [-0.15, -0.1) is 0 Å². The highest BCUT2D eigenvalue weighted by molar-refractivity contribution is 5.83. The first kappa shape index (κ1) is 14.1. The van der Waals surface area contributed by atoms with Crippen molar-refractivity contribution in [3.63, 3.8) is 0 Å². The summed E-state index contributed by atoms with van der Waals surface area (Å²) in [7, 11) is 0. The maximum Gasteiger partial charge on any atom is 0.335 e. The molecule has 0 radical (unpaired) electrons. The topological polar surface area (TPSA) is 66.8 Å². The Morgan fingerprint density at radius 2 is 2.00 bits per heavy atom. The zero-order valence-electron chi connectivity index (χ0n) is 12.2. The van der Waals surface area contributed by atoms with E-state index in [1.54, 1.807) is 4.90 Å². The smallest absolute Gasteiger partial charge is 0.335 e. The van der Waals surface area contributed by atoms with Crippen LogP contribution in [0.4, 0.5) is 0 Å². The monoisotopic (exact) mass is 289 g/mol. The molecule has 1 saturated heterocycles. The van der Waals surface area contributed by atoms with Crippen molar-refractivity contribution in [3.8, 4) is 0 Å². The Morgan fingerprint density at radius 3 is 2.57 bits per heavy atom. The van der Waals surface area contributed by atoms with Crippen LogP contribution in [0.5, 0.6) is 0 Å². The lowest BCUT2D eigenvalue weighted by molar-refractivity contribution is -0.174. The fourth-order valence-corrected chi connectivity index (χ4v) is 2.90. The average Bonchev–Trinajstić information content (AvgIpc) is 3.25. The van der Waals surface area contributed by atoms with Gasteiger partial charge in [0.05, 0.1) is 6.04 Å². The zero-order valence-corrected chi connectivity index (χ0v) is 12.2. The number of amides is 1. The number of aryl methyl sites for hydroxylation is 2. The zero-order chi connectivity index (χ0) is 15.1. The van der Waals surface area contributed by atoms with E-state index in [0.29, 0.717) is 0 Å². The predicted molar refractivity (Wildman–Crippen MR) is 75.9 cm³/mol. The summed E-state index contributed by atoms with van der Waals surface area (Å²) in [6, 6.07) is 5.46. The molecule has 1 amide bonds. The summed E-state index contributed by atoms with van der Waals surface area (Å²) in [5.74, 6) is -1.13. The van der Waals surface area contributed by atoms with Crippen molar-refractivity contribution in [2.24, 2.45) is 0 Å². The number of hydrogen-bond donors (Lipinski definition) is 1. The van der Waals surface area contributed by atoms with E-state index in [2.05, 4.69) is 0 Å². The summed E-state index contributed by atoms with van der Waals surface area (Å²) in [5.41, 5.74) is 3.07. The van der Waals surface area contributed by atoms with Gasteiger partial charge in [-0.2, -0.15) is 0 Å². The summed E-state index contributed by atoms with van der Waals surface area (Å²) < 4.78 is 5.31. The SMILES string of the molecule is Cc1ccc(C2C(C(=O)O)OCC(=O)N2C2CC2)cc1C. The van der Waals surface area contributed by atoms with Crippen molar-refractivity contribution in [1.82, 2.24) is 4.90 Å². The molecule has 2 fully saturated rings. The van der Waals surface area contributed by atoms with Crippen LogP contribution >= 0.6 is 0 Å². The Morgan fingerprint density at radius 1 is 1.29 bits per heavy atom. The fourth-order valence-electron chi connectivity index (χ4n) is 2.90. The highest BCUT2D eigenvalue weighted by atomic mass is 16.5. The van der Waals surface area contributed by atoms with Gasteiger partial charge in [-0.25, -0.2) is 4.79 Å². The second kappa shape index (κ2) is 5.15. The molecular formula is C16H19NO4. The highest BCUT2D eigenvalue weighted by Gasteiger charge is 2.47. The third-order valence-corrected chi connectivity index (χ3v) is 4.32. The number of rotatable bonds is 3. The van der Waals surface area contributed by atoms with E-state index in [9.17, 15) is 14.7 Å². The van der Waals surface area contributed by atoms with Crippen LogP contribution < -0.4 is 0 Å². The lowest BCUT2D eigenvalue weighted by Gasteiger charge is -2.40. The van der Waals surface area contributed by atoms with Crippen LogP contribution in [0.1, 0.15) is 35.6 Å². The number of ether oxygens (including phenoxy) is 1. The van der Waals surface area contributed by atoms with E-state index in [-0.39, 0.29) is 18.6 Å². The Labute approximate surface area is 123 Å². The number of morpholine rings is 1. The molecular weight excluding hydrogens is 270 g/mol. The molecule has 1 aliphatic carbocycles. The molecule has 5 nitrogen and oxygen atoms in total. The van der Waals surface area contributed by atoms with Gasteiger partial charge >= 0.3 is 5.97 Å². The number of carbonyl (C=O) groups is 2. The van der Waals surface area contributed by atoms with Crippen LogP contribution in [-0.2, 0) is 14.3 Å². The standard InChI is InChI=1S/C16H19NO4/c1-9-3-4-11(7-10(9)2)14-15(16(19)20)21-8-13(18)17(14)12-5-6-12/h3-4,7,12,14-15H,5-6,8H2,1-2H3,(H,19,20). The van der Waals surface area contributed by atoms with Gasteiger partial charge in [-0.05, 0) is 43.4 Å². The number of benzene rings is 1. The maximum absolute atomic E-state index is 12.2.